The van der Waals surface area contributed by atoms with E-state index >= 15 is 0 Å². The first-order valence-electron chi connectivity index (χ1n) is 8.29. The molecule has 2 heterocycles. The van der Waals surface area contributed by atoms with Crippen LogP contribution in [0.1, 0.15) is 5.56 Å². The molecule has 0 unspecified atom stereocenters. The van der Waals surface area contributed by atoms with E-state index in [9.17, 15) is 4.79 Å². The predicted octanol–water partition coefficient (Wildman–Crippen LogP) is 2.82. The van der Waals surface area contributed by atoms with Gasteiger partial charge in [-0.25, -0.2) is 4.79 Å². The van der Waals surface area contributed by atoms with Crippen LogP contribution in [0.15, 0.2) is 49.1 Å². The number of anilines is 1. The molecule has 0 aliphatic carbocycles. The Balaban J connectivity index is 1.65. The molecule has 0 aliphatic heterocycles. The number of methoxy groups -OCH3 is 2. The fourth-order valence-electron chi connectivity index (χ4n) is 2.65. The van der Waals surface area contributed by atoms with Crippen molar-refractivity contribution in [1.29, 1.82) is 0 Å². The standard InChI is InChI=1S/C19H21N5O3/c1-24-12-15(11-22-24)14-7-13(8-20-10-14)9-21-19(25)23-16-5-4-6-17(26-2)18(16)27-3/h4-8,10-12H,9H2,1-3H3,(H2,21,23,25). The zero-order chi connectivity index (χ0) is 19.2. The number of benzene rings is 1. The quantitative estimate of drug-likeness (QED) is 0.699. The normalized spacial score (nSPS) is 10.3. The highest BCUT2D eigenvalue weighted by Crippen LogP contribution is 2.34. The molecule has 0 bridgehead atoms. The molecule has 3 rings (SSSR count). The predicted molar refractivity (Wildman–Crippen MR) is 102 cm³/mol. The number of carbonyl (C=O) groups excluding carboxylic acids is 1. The van der Waals surface area contributed by atoms with E-state index in [1.54, 1.807) is 48.6 Å². The van der Waals surface area contributed by atoms with Gasteiger partial charge >= 0.3 is 6.03 Å². The Morgan fingerprint density at radius 3 is 2.70 bits per heavy atom. The average molecular weight is 367 g/mol. The second-order valence-electron chi connectivity index (χ2n) is 5.83. The molecule has 0 radical (unpaired) electrons. The molecular formula is C19H21N5O3. The Labute approximate surface area is 157 Å². The largest absolute Gasteiger partial charge is 0.493 e. The third-order valence-electron chi connectivity index (χ3n) is 3.94. The smallest absolute Gasteiger partial charge is 0.319 e. The van der Waals surface area contributed by atoms with E-state index in [1.807, 2.05) is 19.3 Å². The van der Waals surface area contributed by atoms with E-state index in [0.29, 0.717) is 23.7 Å². The number of amides is 2. The number of rotatable bonds is 6. The van der Waals surface area contributed by atoms with E-state index < -0.39 is 0 Å². The summed E-state index contributed by atoms with van der Waals surface area (Å²) in [5, 5.41) is 9.74. The van der Waals surface area contributed by atoms with Gasteiger partial charge < -0.3 is 20.1 Å². The van der Waals surface area contributed by atoms with E-state index in [0.717, 1.165) is 16.7 Å². The van der Waals surface area contributed by atoms with Crippen molar-refractivity contribution >= 4 is 11.7 Å². The van der Waals surface area contributed by atoms with Crippen LogP contribution in [0.5, 0.6) is 11.5 Å². The van der Waals surface area contributed by atoms with E-state index in [-0.39, 0.29) is 6.03 Å². The van der Waals surface area contributed by atoms with Crippen molar-refractivity contribution in [2.75, 3.05) is 19.5 Å². The number of nitrogens with one attached hydrogen (secondary N) is 2. The number of carbonyl (C=O) groups is 1. The Kier molecular flexibility index (Phi) is 5.55. The van der Waals surface area contributed by atoms with Gasteiger partial charge in [-0.05, 0) is 23.8 Å². The molecule has 8 nitrogen and oxygen atoms in total. The molecule has 0 fully saturated rings. The number of hydrogen-bond acceptors (Lipinski definition) is 5. The van der Waals surface area contributed by atoms with Crippen molar-refractivity contribution in [2.24, 2.45) is 7.05 Å². The maximum absolute atomic E-state index is 12.3. The van der Waals surface area contributed by atoms with E-state index in [2.05, 4.69) is 20.7 Å². The average Bonchev–Trinajstić information content (AvgIpc) is 3.13. The fraction of sp³-hybridized carbons (Fsp3) is 0.211. The van der Waals surface area contributed by atoms with Crippen molar-refractivity contribution < 1.29 is 14.3 Å². The molecule has 2 N–H and O–H groups in total. The molecule has 2 aromatic heterocycles. The van der Waals surface area contributed by atoms with Crippen LogP contribution in [0.3, 0.4) is 0 Å². The van der Waals surface area contributed by atoms with Gasteiger partial charge in [0.2, 0.25) is 0 Å². The fourth-order valence-corrected chi connectivity index (χ4v) is 2.65. The van der Waals surface area contributed by atoms with Crippen molar-refractivity contribution in [3.63, 3.8) is 0 Å². The summed E-state index contributed by atoms with van der Waals surface area (Å²) in [6.07, 6.45) is 7.17. The number of aryl methyl sites for hydroxylation is 1. The summed E-state index contributed by atoms with van der Waals surface area (Å²) in [6, 6.07) is 6.89. The summed E-state index contributed by atoms with van der Waals surface area (Å²) in [5.41, 5.74) is 3.32. The first-order valence-corrected chi connectivity index (χ1v) is 8.29. The lowest BCUT2D eigenvalue weighted by Crippen LogP contribution is -2.28. The Hall–Kier alpha value is -3.55. The summed E-state index contributed by atoms with van der Waals surface area (Å²) >= 11 is 0. The van der Waals surface area contributed by atoms with Crippen LogP contribution in [-0.4, -0.2) is 35.0 Å². The van der Waals surface area contributed by atoms with Gasteiger partial charge in [0.05, 0.1) is 26.1 Å². The molecular weight excluding hydrogens is 346 g/mol. The van der Waals surface area contributed by atoms with Crippen molar-refractivity contribution in [2.45, 2.75) is 6.54 Å². The molecule has 0 atom stereocenters. The molecule has 2 amide bonds. The van der Waals surface area contributed by atoms with Gasteiger partial charge in [0.15, 0.2) is 11.5 Å². The summed E-state index contributed by atoms with van der Waals surface area (Å²) < 4.78 is 12.3. The van der Waals surface area contributed by atoms with Gasteiger partial charge in [0.1, 0.15) is 0 Å². The SMILES string of the molecule is COc1cccc(NC(=O)NCc2cncc(-c3cnn(C)c3)c2)c1OC. The zero-order valence-electron chi connectivity index (χ0n) is 15.4. The van der Waals surface area contributed by atoms with Gasteiger partial charge in [-0.15, -0.1) is 0 Å². The van der Waals surface area contributed by atoms with Gasteiger partial charge in [-0.2, -0.15) is 5.10 Å². The number of ether oxygens (including phenoxy) is 2. The van der Waals surface area contributed by atoms with Crippen LogP contribution in [-0.2, 0) is 13.6 Å². The molecule has 27 heavy (non-hydrogen) atoms. The highest BCUT2D eigenvalue weighted by Gasteiger charge is 2.12. The first kappa shape index (κ1) is 18.2. The van der Waals surface area contributed by atoms with E-state index in [1.165, 1.54) is 7.11 Å². The second-order valence-corrected chi connectivity index (χ2v) is 5.83. The lowest BCUT2D eigenvalue weighted by Gasteiger charge is -2.14. The van der Waals surface area contributed by atoms with Gasteiger partial charge in [-0.3, -0.25) is 9.67 Å². The van der Waals surface area contributed by atoms with Crippen LogP contribution >= 0.6 is 0 Å². The molecule has 140 valence electrons. The van der Waals surface area contributed by atoms with Crippen molar-refractivity contribution in [3.8, 4) is 22.6 Å². The van der Waals surface area contributed by atoms with Crippen LogP contribution in [0.4, 0.5) is 10.5 Å². The molecule has 8 heteroatoms. The summed E-state index contributed by atoms with van der Waals surface area (Å²) in [5.74, 6) is 1.01. The Morgan fingerprint density at radius 1 is 1.15 bits per heavy atom. The van der Waals surface area contributed by atoms with E-state index in [4.69, 9.17) is 9.47 Å². The summed E-state index contributed by atoms with van der Waals surface area (Å²) in [7, 11) is 4.93. The third-order valence-corrected chi connectivity index (χ3v) is 3.94. The Bertz CT molecular complexity index is 939. The minimum Gasteiger partial charge on any atom is -0.493 e. The summed E-state index contributed by atoms with van der Waals surface area (Å²) in [4.78, 5) is 16.5. The maximum Gasteiger partial charge on any atom is 0.319 e. The van der Waals surface area contributed by atoms with Crippen LogP contribution in [0, 0.1) is 0 Å². The van der Waals surface area contributed by atoms with Gasteiger partial charge in [-0.1, -0.05) is 6.07 Å². The minimum atomic E-state index is -0.353. The van der Waals surface area contributed by atoms with Crippen LogP contribution in [0.2, 0.25) is 0 Å². The summed E-state index contributed by atoms with van der Waals surface area (Å²) in [6.45, 7) is 0.333. The third kappa shape index (κ3) is 4.35. The minimum absolute atomic E-state index is 0.333. The monoisotopic (exact) mass is 367 g/mol. The first-order chi connectivity index (χ1) is 13.1. The number of hydrogen-bond donors (Lipinski definition) is 2. The molecule has 0 aliphatic rings. The Morgan fingerprint density at radius 2 is 2.00 bits per heavy atom. The lowest BCUT2D eigenvalue weighted by molar-refractivity contribution is 0.251. The topological polar surface area (TPSA) is 90.3 Å². The zero-order valence-corrected chi connectivity index (χ0v) is 15.4. The molecule has 0 saturated carbocycles. The molecule has 3 aromatic rings. The number of nitrogens with zero attached hydrogens (tertiary/aromatic N) is 3. The number of urea groups is 1. The van der Waals surface area contributed by atoms with Gasteiger partial charge in [0, 0.05) is 43.3 Å². The molecule has 0 saturated heterocycles. The number of para-hydroxylation sites is 1. The maximum atomic E-state index is 12.3. The van der Waals surface area contributed by atoms with Gasteiger partial charge in [0.25, 0.3) is 0 Å². The molecule has 0 spiro atoms. The number of pyridine rings is 1. The second kappa shape index (κ2) is 8.22. The highest BCUT2D eigenvalue weighted by atomic mass is 16.5. The number of aromatic nitrogens is 3. The van der Waals surface area contributed by atoms with Crippen molar-refractivity contribution in [1.82, 2.24) is 20.1 Å². The van der Waals surface area contributed by atoms with Crippen LogP contribution in [0.25, 0.3) is 11.1 Å². The highest BCUT2D eigenvalue weighted by molar-refractivity contribution is 5.91. The lowest BCUT2D eigenvalue weighted by atomic mass is 10.1. The molecule has 1 aromatic carbocycles. The van der Waals surface area contributed by atoms with Crippen molar-refractivity contribution in [3.05, 3.63) is 54.6 Å². The van der Waals surface area contributed by atoms with Crippen LogP contribution < -0.4 is 20.1 Å².